The Morgan fingerprint density at radius 3 is 2.42 bits per heavy atom. The van der Waals surface area contributed by atoms with Crippen molar-refractivity contribution >= 4 is 16.0 Å². The van der Waals surface area contributed by atoms with Crippen molar-refractivity contribution in [2.24, 2.45) is 0 Å². The van der Waals surface area contributed by atoms with Crippen LogP contribution in [0.4, 0.5) is 0 Å². The van der Waals surface area contributed by atoms with Crippen LogP contribution in [0.25, 0.3) is 0 Å². The summed E-state index contributed by atoms with van der Waals surface area (Å²) in [6.45, 7) is 3.02. The Morgan fingerprint density at radius 1 is 1.37 bits per heavy atom. The zero-order valence-electron chi connectivity index (χ0n) is 10.7. The molecule has 1 aromatic rings. The first-order valence-corrected chi connectivity index (χ1v) is 7.29. The van der Waals surface area contributed by atoms with E-state index in [1.165, 1.54) is 13.0 Å². The molecule has 7 heteroatoms. The highest BCUT2D eigenvalue weighted by atomic mass is 32.2. The smallest absolute Gasteiger partial charge is 0.324 e. The van der Waals surface area contributed by atoms with E-state index in [1.807, 2.05) is 4.72 Å². The van der Waals surface area contributed by atoms with Crippen LogP contribution in [-0.4, -0.2) is 36.7 Å². The Balaban J connectivity index is 3.14. The molecule has 19 heavy (non-hydrogen) atoms. The number of carbonyl (C=O) groups is 1. The van der Waals surface area contributed by atoms with Gasteiger partial charge in [0.15, 0.2) is 0 Å². The quantitative estimate of drug-likeness (QED) is 0.701. The molecule has 0 aliphatic rings. The van der Waals surface area contributed by atoms with Gasteiger partial charge in [-0.05, 0) is 25.0 Å². The summed E-state index contributed by atoms with van der Waals surface area (Å²) in [5.41, 5.74) is 0.588. The van der Waals surface area contributed by atoms with E-state index in [0.717, 1.165) is 0 Å². The van der Waals surface area contributed by atoms with Crippen molar-refractivity contribution in [1.29, 1.82) is 0 Å². The van der Waals surface area contributed by atoms with Gasteiger partial charge in [0.1, 0.15) is 6.04 Å². The van der Waals surface area contributed by atoms with Gasteiger partial charge >= 0.3 is 5.97 Å². The molecule has 0 aromatic heterocycles. The lowest BCUT2D eigenvalue weighted by molar-refractivity contribution is -0.141. The monoisotopic (exact) mass is 287 g/mol. The number of aliphatic hydroxyl groups excluding tert-OH is 1. The summed E-state index contributed by atoms with van der Waals surface area (Å²) in [5.74, 6) is -1.42. The molecule has 0 unspecified atom stereocenters. The van der Waals surface area contributed by atoms with Gasteiger partial charge in [-0.2, -0.15) is 4.72 Å². The number of hydrogen-bond donors (Lipinski definition) is 3. The summed E-state index contributed by atoms with van der Waals surface area (Å²) >= 11 is 0. The van der Waals surface area contributed by atoms with Gasteiger partial charge in [0.25, 0.3) is 0 Å². The fourth-order valence-corrected chi connectivity index (χ4v) is 3.22. The molecule has 6 nitrogen and oxygen atoms in total. The van der Waals surface area contributed by atoms with Crippen molar-refractivity contribution < 1.29 is 23.4 Å². The highest BCUT2D eigenvalue weighted by Crippen LogP contribution is 2.16. The minimum Gasteiger partial charge on any atom is -0.480 e. The van der Waals surface area contributed by atoms with E-state index in [2.05, 4.69) is 0 Å². The standard InChI is InChI=1S/C12H17NO5S/c1-3-9-6-4-5-7-10(9)19(17,18)13-11(8(2)14)12(15)16/h4-8,11,13-14H,3H2,1-2H3,(H,15,16)/t8-,11-/m0/s1. The molecule has 1 aromatic carbocycles. The maximum Gasteiger partial charge on any atom is 0.324 e. The predicted octanol–water partition coefficient (Wildman–Crippen LogP) is 0.361. The topological polar surface area (TPSA) is 104 Å². The molecule has 0 aliphatic carbocycles. The molecule has 0 amide bonds. The van der Waals surface area contributed by atoms with Crippen molar-refractivity contribution in [2.75, 3.05) is 0 Å². The van der Waals surface area contributed by atoms with E-state index in [4.69, 9.17) is 5.11 Å². The second kappa shape index (κ2) is 6.14. The van der Waals surface area contributed by atoms with Crippen molar-refractivity contribution in [1.82, 2.24) is 4.72 Å². The molecule has 0 aliphatic heterocycles. The molecule has 0 fully saturated rings. The highest BCUT2D eigenvalue weighted by molar-refractivity contribution is 7.89. The van der Waals surface area contributed by atoms with Crippen LogP contribution in [0.2, 0.25) is 0 Å². The Bertz CT molecular complexity index is 553. The summed E-state index contributed by atoms with van der Waals surface area (Å²) in [4.78, 5) is 10.9. The van der Waals surface area contributed by atoms with Crippen molar-refractivity contribution in [3.8, 4) is 0 Å². The molecule has 0 spiro atoms. The number of benzene rings is 1. The summed E-state index contributed by atoms with van der Waals surface area (Å²) in [7, 11) is -3.98. The minimum absolute atomic E-state index is 0.0319. The van der Waals surface area contributed by atoms with Crippen molar-refractivity contribution in [3.05, 3.63) is 29.8 Å². The van der Waals surface area contributed by atoms with E-state index in [0.29, 0.717) is 12.0 Å². The third kappa shape index (κ3) is 3.76. The van der Waals surface area contributed by atoms with Crippen LogP contribution in [-0.2, 0) is 21.2 Å². The second-order valence-corrected chi connectivity index (χ2v) is 5.82. The van der Waals surface area contributed by atoms with Gasteiger partial charge in [0.05, 0.1) is 11.0 Å². The molecule has 0 bridgehead atoms. The number of rotatable bonds is 6. The minimum atomic E-state index is -3.98. The molecule has 0 radical (unpaired) electrons. The average Bonchev–Trinajstić information content (AvgIpc) is 2.35. The molecular weight excluding hydrogens is 270 g/mol. The van der Waals surface area contributed by atoms with Gasteiger partial charge < -0.3 is 10.2 Å². The first-order valence-electron chi connectivity index (χ1n) is 5.80. The van der Waals surface area contributed by atoms with Crippen molar-refractivity contribution in [3.63, 3.8) is 0 Å². The maximum atomic E-state index is 12.1. The first-order chi connectivity index (χ1) is 8.79. The second-order valence-electron chi connectivity index (χ2n) is 4.14. The number of aliphatic carboxylic acids is 1. The molecule has 0 heterocycles. The van der Waals surface area contributed by atoms with Gasteiger partial charge in [-0.3, -0.25) is 4.79 Å². The van der Waals surface area contributed by atoms with Crippen molar-refractivity contribution in [2.45, 2.75) is 37.3 Å². The van der Waals surface area contributed by atoms with Crippen LogP contribution in [0.1, 0.15) is 19.4 Å². The maximum absolute atomic E-state index is 12.1. The zero-order chi connectivity index (χ0) is 14.6. The SMILES string of the molecule is CCc1ccccc1S(=O)(=O)N[C@H](C(=O)O)[C@H](C)O. The Kier molecular flexibility index (Phi) is 5.04. The van der Waals surface area contributed by atoms with E-state index >= 15 is 0 Å². The number of sulfonamides is 1. The summed E-state index contributed by atoms with van der Waals surface area (Å²) < 4.78 is 26.3. The van der Waals surface area contributed by atoms with E-state index in [9.17, 15) is 18.3 Å². The highest BCUT2D eigenvalue weighted by Gasteiger charge is 2.30. The number of nitrogens with one attached hydrogen (secondary N) is 1. The number of carboxylic acids is 1. The molecule has 1 rings (SSSR count). The molecular formula is C12H17NO5S. The Morgan fingerprint density at radius 2 is 1.95 bits per heavy atom. The number of carboxylic acid groups (broad SMARTS) is 1. The first kappa shape index (κ1) is 15.6. The molecule has 3 N–H and O–H groups in total. The average molecular weight is 287 g/mol. The third-order valence-corrected chi connectivity index (χ3v) is 4.22. The Labute approximate surface area is 112 Å². The van der Waals surface area contributed by atoms with E-state index in [-0.39, 0.29) is 4.90 Å². The summed E-state index contributed by atoms with van der Waals surface area (Å²) in [6, 6.07) is 4.76. The van der Waals surface area contributed by atoms with Gasteiger partial charge in [-0.15, -0.1) is 0 Å². The fraction of sp³-hybridized carbons (Fsp3) is 0.417. The van der Waals surface area contributed by atoms with E-state index in [1.54, 1.807) is 25.1 Å². The van der Waals surface area contributed by atoms with Gasteiger partial charge in [-0.1, -0.05) is 25.1 Å². The molecule has 0 saturated carbocycles. The van der Waals surface area contributed by atoms with Crippen LogP contribution in [0.3, 0.4) is 0 Å². The van der Waals surface area contributed by atoms with E-state index < -0.39 is 28.1 Å². The lowest BCUT2D eigenvalue weighted by Gasteiger charge is -2.18. The lowest BCUT2D eigenvalue weighted by Crippen LogP contribution is -2.47. The Hall–Kier alpha value is -1.44. The molecule has 106 valence electrons. The fourth-order valence-electron chi connectivity index (χ4n) is 1.64. The third-order valence-electron chi connectivity index (χ3n) is 2.67. The normalized spacial score (nSPS) is 14.9. The zero-order valence-corrected chi connectivity index (χ0v) is 11.5. The van der Waals surface area contributed by atoms with Gasteiger partial charge in [0, 0.05) is 0 Å². The van der Waals surface area contributed by atoms with Gasteiger partial charge in [-0.25, -0.2) is 8.42 Å². The lowest BCUT2D eigenvalue weighted by atomic mass is 10.2. The number of hydrogen-bond acceptors (Lipinski definition) is 4. The van der Waals surface area contributed by atoms with Crippen LogP contribution >= 0.6 is 0 Å². The summed E-state index contributed by atoms with van der Waals surface area (Å²) in [6.07, 6.45) is -0.829. The predicted molar refractivity (Wildman–Crippen MR) is 69.2 cm³/mol. The number of aryl methyl sites for hydroxylation is 1. The summed E-state index contributed by atoms with van der Waals surface area (Å²) in [5, 5.41) is 18.2. The molecule has 2 atom stereocenters. The molecule has 0 saturated heterocycles. The van der Waals surface area contributed by atoms with Gasteiger partial charge in [0.2, 0.25) is 10.0 Å². The van der Waals surface area contributed by atoms with Crippen LogP contribution < -0.4 is 4.72 Å². The van der Waals surface area contributed by atoms with Crippen LogP contribution in [0.15, 0.2) is 29.2 Å². The van der Waals surface area contributed by atoms with Crippen LogP contribution in [0.5, 0.6) is 0 Å². The largest absolute Gasteiger partial charge is 0.480 e. The van der Waals surface area contributed by atoms with Crippen LogP contribution in [0, 0.1) is 0 Å². The number of aliphatic hydroxyl groups is 1.